The molecule has 2 N–H and O–H groups in total. The highest BCUT2D eigenvalue weighted by atomic mass is 16.6. The molecular weight excluding hydrogens is 594 g/mol. The monoisotopic (exact) mass is 659 g/mol. The number of nitrogens with one attached hydrogen (secondary N) is 2. The third-order valence-corrected chi connectivity index (χ3v) is 8.63. The largest absolute Gasteiger partial charge is 0.444 e. The number of hydrogen-bond acceptors (Lipinski definition) is 6. The summed E-state index contributed by atoms with van der Waals surface area (Å²) < 4.78 is 17.6. The van der Waals surface area contributed by atoms with Crippen molar-refractivity contribution in [3.63, 3.8) is 0 Å². The number of hydrogen-bond donors (Lipinski definition) is 2. The molecule has 0 aliphatic carbocycles. The zero-order valence-corrected chi connectivity index (χ0v) is 30.2. The van der Waals surface area contributed by atoms with E-state index in [9.17, 15) is 14.4 Å². The van der Waals surface area contributed by atoms with Crippen LogP contribution in [0.2, 0.25) is 0 Å². The van der Waals surface area contributed by atoms with Crippen LogP contribution in [-0.2, 0) is 19.0 Å². The second kappa shape index (κ2) is 23.6. The highest BCUT2D eigenvalue weighted by Gasteiger charge is 2.27. The normalized spacial score (nSPS) is 14.5. The van der Waals surface area contributed by atoms with Gasteiger partial charge in [-0.05, 0) is 76.5 Å². The number of likely N-dealkylation sites (tertiary alicyclic amines) is 1. The van der Waals surface area contributed by atoms with E-state index in [1.165, 1.54) is 51.4 Å². The molecule has 1 heterocycles. The van der Waals surface area contributed by atoms with Gasteiger partial charge in [0.05, 0.1) is 12.7 Å². The Morgan fingerprint density at radius 2 is 1.53 bits per heavy atom. The van der Waals surface area contributed by atoms with Gasteiger partial charge in [-0.3, -0.25) is 9.59 Å². The molecule has 9 heteroatoms. The van der Waals surface area contributed by atoms with E-state index >= 15 is 0 Å². The van der Waals surface area contributed by atoms with Crippen LogP contribution in [0.25, 0.3) is 0 Å². The average Bonchev–Trinajstić information content (AvgIpc) is 3.06. The van der Waals surface area contributed by atoms with E-state index in [0.717, 1.165) is 44.1 Å². The lowest BCUT2D eigenvalue weighted by Crippen LogP contribution is -2.41. The molecule has 1 unspecified atom stereocenters. The molecule has 0 saturated carbocycles. The summed E-state index contributed by atoms with van der Waals surface area (Å²) >= 11 is 0. The summed E-state index contributed by atoms with van der Waals surface area (Å²) in [6, 6.07) is 7.83. The first kappa shape index (κ1) is 40.5. The number of benzene rings is 1. The van der Waals surface area contributed by atoms with Gasteiger partial charge in [-0.1, -0.05) is 76.8 Å². The van der Waals surface area contributed by atoms with Crippen LogP contribution in [0.3, 0.4) is 0 Å². The van der Waals surface area contributed by atoms with Crippen molar-refractivity contribution in [3.05, 3.63) is 35.4 Å². The fourth-order valence-electron chi connectivity index (χ4n) is 5.80. The average molecular weight is 660 g/mol. The van der Waals surface area contributed by atoms with Gasteiger partial charge in [0.2, 0.25) is 5.91 Å². The van der Waals surface area contributed by atoms with Gasteiger partial charge in [0.1, 0.15) is 5.60 Å². The van der Waals surface area contributed by atoms with Crippen LogP contribution < -0.4 is 10.6 Å². The zero-order valence-electron chi connectivity index (χ0n) is 30.2. The van der Waals surface area contributed by atoms with Gasteiger partial charge in [-0.25, -0.2) is 4.79 Å². The molecule has 1 fully saturated rings. The number of rotatable bonds is 23. The minimum Gasteiger partial charge on any atom is -0.444 e. The fourth-order valence-corrected chi connectivity index (χ4v) is 5.80. The Morgan fingerprint density at radius 3 is 2.17 bits per heavy atom. The van der Waals surface area contributed by atoms with Crippen LogP contribution >= 0.6 is 0 Å². The van der Waals surface area contributed by atoms with Gasteiger partial charge in [0.25, 0.3) is 5.91 Å². The third kappa shape index (κ3) is 18.5. The molecular formula is C38H65N3O6. The Hall–Kier alpha value is -2.65. The van der Waals surface area contributed by atoms with Gasteiger partial charge in [0.15, 0.2) is 0 Å². The summed E-state index contributed by atoms with van der Waals surface area (Å²) in [5, 5.41) is 5.72. The minimum absolute atomic E-state index is 0.0424. The predicted octanol–water partition coefficient (Wildman–Crippen LogP) is 7.77. The predicted molar refractivity (Wildman–Crippen MR) is 189 cm³/mol. The first-order valence-electron chi connectivity index (χ1n) is 18.4. The SMILES string of the molecule is CCCCCCCCCCCCOC(CNC(=O)c1cccc(C2CCN(C(=O)OC(C)(C)C)CC2)c1)COCCCCC(=O)NC. The number of unbranched alkanes of at least 4 members (excludes halogenated alkanes) is 10. The summed E-state index contributed by atoms with van der Waals surface area (Å²) in [7, 11) is 1.65. The van der Waals surface area contributed by atoms with Gasteiger partial charge in [0, 0.05) is 51.9 Å². The molecule has 1 aromatic carbocycles. The molecule has 1 aliphatic rings. The van der Waals surface area contributed by atoms with E-state index in [1.807, 2.05) is 39.0 Å². The van der Waals surface area contributed by atoms with E-state index in [1.54, 1.807) is 11.9 Å². The Balaban J connectivity index is 1.80. The standard InChI is InChI=1S/C38H65N3O6/c1-6-7-8-9-10-11-12-13-14-16-27-46-34(30-45-26-17-15-21-35(42)39-5)29-40-36(43)33-20-18-19-32(28-33)31-22-24-41(25-23-31)37(44)47-38(2,3)4/h18-20,28,31,34H,6-17,21-27,29-30H2,1-5H3,(H,39,42)(H,40,43). The van der Waals surface area contributed by atoms with Crippen molar-refractivity contribution in [1.82, 2.24) is 15.5 Å². The van der Waals surface area contributed by atoms with Gasteiger partial charge < -0.3 is 29.7 Å². The van der Waals surface area contributed by atoms with Crippen molar-refractivity contribution in [2.75, 3.05) is 46.5 Å². The molecule has 1 aliphatic heterocycles. The lowest BCUT2D eigenvalue weighted by atomic mass is 9.88. The van der Waals surface area contributed by atoms with Crippen molar-refractivity contribution in [3.8, 4) is 0 Å². The first-order valence-corrected chi connectivity index (χ1v) is 18.4. The van der Waals surface area contributed by atoms with Gasteiger partial charge >= 0.3 is 6.09 Å². The van der Waals surface area contributed by atoms with Crippen LogP contribution in [0.4, 0.5) is 4.79 Å². The van der Waals surface area contributed by atoms with Gasteiger partial charge in [-0.15, -0.1) is 0 Å². The quantitative estimate of drug-likeness (QED) is 0.116. The van der Waals surface area contributed by atoms with Crippen molar-refractivity contribution in [2.45, 2.75) is 142 Å². The summed E-state index contributed by atoms with van der Waals surface area (Å²) in [6.45, 7) is 11.1. The van der Waals surface area contributed by atoms with Gasteiger partial charge in [-0.2, -0.15) is 0 Å². The molecule has 1 atom stereocenters. The number of piperidine rings is 1. The van der Waals surface area contributed by atoms with E-state index in [0.29, 0.717) is 51.4 Å². The second-order valence-electron chi connectivity index (χ2n) is 14.0. The molecule has 1 aromatic rings. The smallest absolute Gasteiger partial charge is 0.410 e. The van der Waals surface area contributed by atoms with Crippen LogP contribution in [0.1, 0.15) is 146 Å². The summed E-state index contributed by atoms with van der Waals surface area (Å²) in [5.74, 6) is 0.201. The van der Waals surface area contributed by atoms with Crippen LogP contribution in [0.15, 0.2) is 24.3 Å². The molecule has 0 radical (unpaired) electrons. The highest BCUT2D eigenvalue weighted by Crippen LogP contribution is 2.29. The molecule has 3 amide bonds. The first-order chi connectivity index (χ1) is 22.6. The molecule has 0 spiro atoms. The number of carbonyl (C=O) groups is 3. The molecule has 1 saturated heterocycles. The van der Waals surface area contributed by atoms with Crippen molar-refractivity contribution in [1.29, 1.82) is 0 Å². The van der Waals surface area contributed by atoms with E-state index < -0.39 is 5.60 Å². The van der Waals surface area contributed by atoms with E-state index in [2.05, 4.69) is 23.6 Å². The molecule has 0 bridgehead atoms. The topological polar surface area (TPSA) is 106 Å². The Morgan fingerprint density at radius 1 is 0.894 bits per heavy atom. The fraction of sp³-hybridized carbons (Fsp3) is 0.763. The Bertz CT molecular complexity index is 1020. The van der Waals surface area contributed by atoms with E-state index in [-0.39, 0.29) is 29.9 Å². The summed E-state index contributed by atoms with van der Waals surface area (Å²) in [6.07, 6.45) is 15.9. The molecule has 47 heavy (non-hydrogen) atoms. The maximum absolute atomic E-state index is 13.2. The maximum Gasteiger partial charge on any atom is 0.410 e. The number of ether oxygens (including phenoxy) is 3. The Labute approximate surface area is 285 Å². The number of amides is 3. The van der Waals surface area contributed by atoms with Crippen molar-refractivity contribution >= 4 is 17.9 Å². The van der Waals surface area contributed by atoms with Crippen LogP contribution in [0.5, 0.6) is 0 Å². The minimum atomic E-state index is -0.507. The highest BCUT2D eigenvalue weighted by molar-refractivity contribution is 5.94. The lowest BCUT2D eigenvalue weighted by molar-refractivity contribution is -0.120. The molecule has 2 rings (SSSR count). The number of carbonyl (C=O) groups excluding carboxylic acids is 3. The van der Waals surface area contributed by atoms with Crippen LogP contribution in [-0.4, -0.2) is 81.0 Å². The van der Waals surface area contributed by atoms with E-state index in [4.69, 9.17) is 14.2 Å². The molecule has 9 nitrogen and oxygen atoms in total. The maximum atomic E-state index is 13.2. The van der Waals surface area contributed by atoms with Crippen molar-refractivity contribution in [2.24, 2.45) is 0 Å². The third-order valence-electron chi connectivity index (χ3n) is 8.63. The number of nitrogens with zero attached hydrogens (tertiary/aromatic N) is 1. The van der Waals surface area contributed by atoms with Crippen molar-refractivity contribution < 1.29 is 28.6 Å². The summed E-state index contributed by atoms with van der Waals surface area (Å²) in [5.41, 5.74) is 1.24. The Kier molecular flexibility index (Phi) is 20.4. The van der Waals surface area contributed by atoms with Crippen LogP contribution in [0, 0.1) is 0 Å². The summed E-state index contributed by atoms with van der Waals surface area (Å²) in [4.78, 5) is 38.9. The molecule has 0 aromatic heterocycles. The lowest BCUT2D eigenvalue weighted by Gasteiger charge is -2.33. The second-order valence-corrected chi connectivity index (χ2v) is 14.0. The molecule has 268 valence electrons. The zero-order chi connectivity index (χ0) is 34.3.